The summed E-state index contributed by atoms with van der Waals surface area (Å²) in [5, 5.41) is 2.95. The number of rotatable bonds is 9. The van der Waals surface area contributed by atoms with Crippen LogP contribution in [0.2, 0.25) is 0 Å². The zero-order chi connectivity index (χ0) is 24.1. The van der Waals surface area contributed by atoms with Crippen LogP contribution in [0.25, 0.3) is 0 Å². The van der Waals surface area contributed by atoms with Gasteiger partial charge in [-0.25, -0.2) is 0 Å². The number of fused-ring (bicyclic) bond motifs is 1. The van der Waals surface area contributed by atoms with Gasteiger partial charge in [-0.2, -0.15) is 0 Å². The second-order valence-electron chi connectivity index (χ2n) is 9.24. The summed E-state index contributed by atoms with van der Waals surface area (Å²) in [5.41, 5.74) is 2.03. The lowest BCUT2D eigenvalue weighted by Gasteiger charge is -2.30. The highest BCUT2D eigenvalue weighted by Gasteiger charge is 2.47. The minimum absolute atomic E-state index is 0.00282. The van der Waals surface area contributed by atoms with Gasteiger partial charge >= 0.3 is 0 Å². The molecule has 33 heavy (non-hydrogen) atoms. The Labute approximate surface area is 196 Å². The van der Waals surface area contributed by atoms with Gasteiger partial charge in [-0.3, -0.25) is 24.1 Å². The van der Waals surface area contributed by atoms with Gasteiger partial charge in [-0.15, -0.1) is 0 Å². The molecule has 1 aromatic carbocycles. The molecule has 0 unspecified atom stereocenters. The first-order valence-corrected chi connectivity index (χ1v) is 11.9. The van der Waals surface area contributed by atoms with E-state index >= 15 is 0 Å². The van der Waals surface area contributed by atoms with E-state index in [1.165, 1.54) is 4.90 Å². The summed E-state index contributed by atoms with van der Waals surface area (Å²) in [6.45, 7) is 7.96. The Morgan fingerprint density at radius 2 is 1.64 bits per heavy atom. The van der Waals surface area contributed by atoms with Gasteiger partial charge in [0.15, 0.2) is 0 Å². The standard InChI is InChI=1S/C26H35N3O4/c1-5-18(3)27-24(31)19(4)29(16-20-12-10-17(2)11-13-20)23(30)14-15-28-25(32)21-8-6-7-9-22(21)26(28)33/h6-7,10-13,18-19,21-22H,5,8-9,14-16H2,1-4H3,(H,27,31)/t18-,19+,21-,22+/m0/s1. The van der Waals surface area contributed by atoms with Gasteiger partial charge in [-0.05, 0) is 45.6 Å². The van der Waals surface area contributed by atoms with E-state index in [9.17, 15) is 19.2 Å². The number of carbonyl (C=O) groups is 4. The van der Waals surface area contributed by atoms with E-state index in [-0.39, 0.29) is 61.0 Å². The van der Waals surface area contributed by atoms with Gasteiger partial charge in [0.1, 0.15) is 6.04 Å². The van der Waals surface area contributed by atoms with Gasteiger partial charge < -0.3 is 10.2 Å². The fourth-order valence-corrected chi connectivity index (χ4v) is 4.38. The molecular weight excluding hydrogens is 418 g/mol. The van der Waals surface area contributed by atoms with Crippen LogP contribution >= 0.6 is 0 Å². The average molecular weight is 454 g/mol. The smallest absolute Gasteiger partial charge is 0.242 e. The summed E-state index contributed by atoms with van der Waals surface area (Å²) in [6, 6.07) is 7.16. The Hall–Kier alpha value is -2.96. The van der Waals surface area contributed by atoms with Gasteiger partial charge in [0.25, 0.3) is 0 Å². The summed E-state index contributed by atoms with van der Waals surface area (Å²) in [7, 11) is 0. The van der Waals surface area contributed by atoms with Crippen molar-refractivity contribution in [2.24, 2.45) is 11.8 Å². The molecule has 178 valence electrons. The van der Waals surface area contributed by atoms with Gasteiger partial charge in [0.05, 0.1) is 11.8 Å². The van der Waals surface area contributed by atoms with Crippen molar-refractivity contribution in [1.82, 2.24) is 15.1 Å². The van der Waals surface area contributed by atoms with Crippen LogP contribution in [0.3, 0.4) is 0 Å². The quantitative estimate of drug-likeness (QED) is 0.460. The van der Waals surface area contributed by atoms with Gasteiger partial charge in [0.2, 0.25) is 23.6 Å². The highest BCUT2D eigenvalue weighted by Crippen LogP contribution is 2.35. The predicted molar refractivity (Wildman–Crippen MR) is 126 cm³/mol. The maximum Gasteiger partial charge on any atom is 0.242 e. The van der Waals surface area contributed by atoms with Crippen LogP contribution in [0.15, 0.2) is 36.4 Å². The van der Waals surface area contributed by atoms with E-state index in [0.717, 1.165) is 17.5 Å². The van der Waals surface area contributed by atoms with Crippen molar-refractivity contribution in [2.75, 3.05) is 6.54 Å². The molecule has 2 aliphatic rings. The van der Waals surface area contributed by atoms with Crippen molar-refractivity contribution in [3.05, 3.63) is 47.5 Å². The molecule has 0 spiro atoms. The van der Waals surface area contributed by atoms with Crippen LogP contribution in [0.1, 0.15) is 57.6 Å². The SMILES string of the molecule is CC[C@H](C)NC(=O)[C@@H](C)N(Cc1ccc(C)cc1)C(=O)CCN1C(=O)[C@H]2CC=CC[C@H]2C1=O. The van der Waals surface area contributed by atoms with Crippen molar-refractivity contribution in [3.8, 4) is 0 Å². The van der Waals surface area contributed by atoms with Crippen LogP contribution in [0, 0.1) is 18.8 Å². The molecule has 1 N–H and O–H groups in total. The molecule has 4 amide bonds. The third-order valence-electron chi connectivity index (χ3n) is 6.79. The van der Waals surface area contributed by atoms with E-state index in [1.807, 2.05) is 57.2 Å². The van der Waals surface area contributed by atoms with E-state index in [0.29, 0.717) is 12.8 Å². The number of nitrogens with one attached hydrogen (secondary N) is 1. The number of amides is 4. The molecular formula is C26H35N3O4. The molecule has 4 atom stereocenters. The van der Waals surface area contributed by atoms with Crippen LogP contribution in [-0.2, 0) is 25.7 Å². The third-order valence-corrected chi connectivity index (χ3v) is 6.79. The Morgan fingerprint density at radius 3 is 2.18 bits per heavy atom. The Kier molecular flexibility index (Phi) is 8.06. The van der Waals surface area contributed by atoms with Crippen LogP contribution < -0.4 is 5.32 Å². The van der Waals surface area contributed by atoms with Crippen LogP contribution in [-0.4, -0.2) is 52.1 Å². The second-order valence-corrected chi connectivity index (χ2v) is 9.24. The zero-order valence-corrected chi connectivity index (χ0v) is 20.0. The minimum atomic E-state index is -0.676. The predicted octanol–water partition coefficient (Wildman–Crippen LogP) is 2.97. The van der Waals surface area contributed by atoms with Gasteiger partial charge in [-0.1, -0.05) is 48.9 Å². The summed E-state index contributed by atoms with van der Waals surface area (Å²) >= 11 is 0. The first-order chi connectivity index (χ1) is 15.7. The minimum Gasteiger partial charge on any atom is -0.352 e. The first kappa shape index (κ1) is 24.7. The topological polar surface area (TPSA) is 86.8 Å². The molecule has 1 heterocycles. The van der Waals surface area contributed by atoms with E-state index in [1.54, 1.807) is 11.8 Å². The summed E-state index contributed by atoms with van der Waals surface area (Å²) in [5.74, 6) is -1.45. The zero-order valence-electron chi connectivity index (χ0n) is 20.0. The van der Waals surface area contributed by atoms with E-state index in [2.05, 4.69) is 5.32 Å². The number of carbonyl (C=O) groups excluding carboxylic acids is 4. The first-order valence-electron chi connectivity index (χ1n) is 11.9. The van der Waals surface area contributed by atoms with Crippen LogP contribution in [0.5, 0.6) is 0 Å². The lowest BCUT2D eigenvalue weighted by atomic mass is 9.85. The van der Waals surface area contributed by atoms with E-state index < -0.39 is 6.04 Å². The lowest BCUT2D eigenvalue weighted by molar-refractivity contribution is -0.143. The number of allylic oxidation sites excluding steroid dienone is 2. The van der Waals surface area contributed by atoms with Crippen molar-refractivity contribution in [2.45, 2.75) is 72.0 Å². The number of benzene rings is 1. The Balaban J connectivity index is 1.71. The highest BCUT2D eigenvalue weighted by atomic mass is 16.2. The molecule has 0 aromatic heterocycles. The molecule has 3 rings (SSSR count). The molecule has 1 fully saturated rings. The molecule has 7 heteroatoms. The molecule has 1 aliphatic heterocycles. The third kappa shape index (κ3) is 5.70. The fraction of sp³-hybridized carbons (Fsp3) is 0.538. The second kappa shape index (κ2) is 10.8. The monoisotopic (exact) mass is 453 g/mol. The normalized spacial score (nSPS) is 21.5. The Bertz CT molecular complexity index is 898. The average Bonchev–Trinajstić information content (AvgIpc) is 3.06. The van der Waals surface area contributed by atoms with Crippen molar-refractivity contribution < 1.29 is 19.2 Å². The van der Waals surface area contributed by atoms with Crippen molar-refractivity contribution >= 4 is 23.6 Å². The number of nitrogens with zero attached hydrogens (tertiary/aromatic N) is 2. The summed E-state index contributed by atoms with van der Waals surface area (Å²) in [6.07, 6.45) is 5.83. The molecule has 1 saturated heterocycles. The fourth-order valence-electron chi connectivity index (χ4n) is 4.38. The maximum atomic E-state index is 13.3. The summed E-state index contributed by atoms with van der Waals surface area (Å²) < 4.78 is 0. The molecule has 1 aliphatic carbocycles. The Morgan fingerprint density at radius 1 is 1.06 bits per heavy atom. The van der Waals surface area contributed by atoms with Crippen molar-refractivity contribution in [1.29, 1.82) is 0 Å². The number of likely N-dealkylation sites (tertiary alicyclic amines) is 1. The number of aryl methyl sites for hydroxylation is 1. The van der Waals surface area contributed by atoms with E-state index in [4.69, 9.17) is 0 Å². The maximum absolute atomic E-state index is 13.3. The van der Waals surface area contributed by atoms with Crippen molar-refractivity contribution in [3.63, 3.8) is 0 Å². The molecule has 0 radical (unpaired) electrons. The molecule has 0 bridgehead atoms. The summed E-state index contributed by atoms with van der Waals surface area (Å²) in [4.78, 5) is 54.3. The number of hydrogen-bond acceptors (Lipinski definition) is 4. The van der Waals surface area contributed by atoms with Gasteiger partial charge in [0, 0.05) is 25.6 Å². The number of imide groups is 1. The molecule has 7 nitrogen and oxygen atoms in total. The molecule has 0 saturated carbocycles. The largest absolute Gasteiger partial charge is 0.352 e. The number of hydrogen-bond donors (Lipinski definition) is 1. The van der Waals surface area contributed by atoms with Crippen LogP contribution in [0.4, 0.5) is 0 Å². The molecule has 1 aromatic rings. The highest BCUT2D eigenvalue weighted by molar-refractivity contribution is 6.05. The lowest BCUT2D eigenvalue weighted by Crippen LogP contribution is -2.50.